The highest BCUT2D eigenvalue weighted by Gasteiger charge is 2.27. The van der Waals surface area contributed by atoms with Crippen LogP contribution in [-0.4, -0.2) is 26.9 Å². The molecule has 1 atom stereocenters. The van der Waals surface area contributed by atoms with Gasteiger partial charge >= 0.3 is 0 Å². The van der Waals surface area contributed by atoms with Crippen molar-refractivity contribution in [1.29, 1.82) is 0 Å². The minimum Gasteiger partial charge on any atom is -0.398 e. The van der Waals surface area contributed by atoms with Crippen LogP contribution in [0.1, 0.15) is 6.42 Å². The smallest absolute Gasteiger partial charge is 0.250 e. The van der Waals surface area contributed by atoms with Gasteiger partial charge in [0.25, 0.3) is 0 Å². The van der Waals surface area contributed by atoms with Gasteiger partial charge in [-0.1, -0.05) is 0 Å². The zero-order chi connectivity index (χ0) is 11.8. The van der Waals surface area contributed by atoms with Crippen molar-refractivity contribution >= 4 is 33.0 Å². The van der Waals surface area contributed by atoms with E-state index >= 15 is 0 Å². The van der Waals surface area contributed by atoms with Crippen LogP contribution in [0.3, 0.4) is 0 Å². The van der Waals surface area contributed by atoms with Gasteiger partial charge in [0.05, 0.1) is 0 Å². The second-order valence-electron chi connectivity index (χ2n) is 3.53. The molecule has 6 nitrogen and oxygen atoms in total. The molecule has 2 rings (SSSR count). The number of nitrogen functional groups attached to an aromatic ring is 1. The van der Waals surface area contributed by atoms with Gasteiger partial charge < -0.3 is 11.1 Å². The zero-order valence-corrected chi connectivity index (χ0v) is 9.90. The van der Waals surface area contributed by atoms with Gasteiger partial charge in [0.15, 0.2) is 0 Å². The van der Waals surface area contributed by atoms with Crippen LogP contribution in [0.25, 0.3) is 0 Å². The summed E-state index contributed by atoms with van der Waals surface area (Å²) in [5.74, 6) is -0.140. The Morgan fingerprint density at radius 2 is 2.31 bits per heavy atom. The van der Waals surface area contributed by atoms with Crippen molar-refractivity contribution < 1.29 is 13.2 Å². The standard InChI is InChI=1S/C8H11N3O3S2/c9-5-1-8(15-4-5)16(13,14)11-6-2-7(12)10-3-6/h1,4,6,11H,2-3,9H2,(H,10,12). The van der Waals surface area contributed by atoms with E-state index in [2.05, 4.69) is 10.0 Å². The second kappa shape index (κ2) is 4.04. The largest absolute Gasteiger partial charge is 0.398 e. The van der Waals surface area contributed by atoms with E-state index in [1.54, 1.807) is 5.38 Å². The molecule has 0 aliphatic carbocycles. The molecular formula is C8H11N3O3S2. The number of carbonyl (C=O) groups is 1. The Balaban J connectivity index is 2.12. The van der Waals surface area contributed by atoms with E-state index in [1.165, 1.54) is 6.07 Å². The Morgan fingerprint density at radius 1 is 1.56 bits per heavy atom. The van der Waals surface area contributed by atoms with Gasteiger partial charge in [-0.25, -0.2) is 13.1 Å². The van der Waals surface area contributed by atoms with Crippen LogP contribution in [-0.2, 0) is 14.8 Å². The van der Waals surface area contributed by atoms with Crippen molar-refractivity contribution in [3.63, 3.8) is 0 Å². The molecule has 1 aliphatic heterocycles. The number of sulfonamides is 1. The normalized spacial score (nSPS) is 21.0. The third kappa shape index (κ3) is 2.34. The highest BCUT2D eigenvalue weighted by molar-refractivity contribution is 7.91. The van der Waals surface area contributed by atoms with Crippen LogP contribution in [0.15, 0.2) is 15.7 Å². The molecule has 1 aromatic rings. The number of rotatable bonds is 3. The molecule has 8 heteroatoms. The predicted molar refractivity (Wildman–Crippen MR) is 60.5 cm³/mol. The quantitative estimate of drug-likeness (QED) is 0.682. The first kappa shape index (κ1) is 11.4. The lowest BCUT2D eigenvalue weighted by Crippen LogP contribution is -2.35. The van der Waals surface area contributed by atoms with Crippen molar-refractivity contribution in [3.8, 4) is 0 Å². The third-order valence-corrected chi connectivity index (χ3v) is 5.14. The van der Waals surface area contributed by atoms with Gasteiger partial charge in [-0.2, -0.15) is 0 Å². The molecule has 0 bridgehead atoms. The van der Waals surface area contributed by atoms with E-state index in [9.17, 15) is 13.2 Å². The van der Waals surface area contributed by atoms with E-state index in [0.29, 0.717) is 12.2 Å². The minimum atomic E-state index is -3.55. The van der Waals surface area contributed by atoms with Crippen molar-refractivity contribution in [2.24, 2.45) is 0 Å². The highest BCUT2D eigenvalue weighted by atomic mass is 32.2. The molecule has 16 heavy (non-hydrogen) atoms. The average molecular weight is 261 g/mol. The SMILES string of the molecule is Nc1csc(S(=O)(=O)NC2CNC(=O)C2)c1. The minimum absolute atomic E-state index is 0.140. The maximum absolute atomic E-state index is 11.8. The van der Waals surface area contributed by atoms with Crippen LogP contribution >= 0.6 is 11.3 Å². The van der Waals surface area contributed by atoms with Gasteiger partial charge in [0, 0.05) is 30.1 Å². The van der Waals surface area contributed by atoms with Crippen molar-refractivity contribution in [2.75, 3.05) is 12.3 Å². The molecule has 0 aromatic carbocycles. The van der Waals surface area contributed by atoms with Crippen LogP contribution < -0.4 is 15.8 Å². The van der Waals surface area contributed by atoms with Gasteiger partial charge in [-0.15, -0.1) is 11.3 Å². The molecular weight excluding hydrogens is 250 g/mol. The van der Waals surface area contributed by atoms with Crippen molar-refractivity contribution in [2.45, 2.75) is 16.7 Å². The number of amides is 1. The zero-order valence-electron chi connectivity index (χ0n) is 8.26. The molecule has 2 heterocycles. The molecule has 1 fully saturated rings. The topological polar surface area (TPSA) is 101 Å². The maximum Gasteiger partial charge on any atom is 0.250 e. The number of nitrogens with two attached hydrogens (primary N) is 1. The molecule has 1 saturated heterocycles. The molecule has 88 valence electrons. The molecule has 0 spiro atoms. The van der Waals surface area contributed by atoms with Crippen molar-refractivity contribution in [3.05, 3.63) is 11.4 Å². The Hall–Kier alpha value is -1.12. The van der Waals surface area contributed by atoms with Crippen LogP contribution in [0.4, 0.5) is 5.69 Å². The molecule has 4 N–H and O–H groups in total. The highest BCUT2D eigenvalue weighted by Crippen LogP contribution is 2.22. The van der Waals surface area contributed by atoms with E-state index in [1.807, 2.05) is 0 Å². The summed E-state index contributed by atoms with van der Waals surface area (Å²) in [4.78, 5) is 10.9. The number of carbonyl (C=O) groups excluding carboxylic acids is 1. The molecule has 0 radical (unpaired) electrons. The fourth-order valence-corrected chi connectivity index (χ4v) is 3.77. The van der Waals surface area contributed by atoms with Gasteiger partial charge in [-0.3, -0.25) is 4.79 Å². The van der Waals surface area contributed by atoms with E-state index < -0.39 is 10.0 Å². The average Bonchev–Trinajstić information content (AvgIpc) is 2.75. The summed E-state index contributed by atoms with van der Waals surface area (Å²) in [6, 6.07) is 1.03. The van der Waals surface area contributed by atoms with Crippen LogP contribution in [0.2, 0.25) is 0 Å². The summed E-state index contributed by atoms with van der Waals surface area (Å²) in [7, 11) is -3.55. The van der Waals surface area contributed by atoms with Crippen molar-refractivity contribution in [1.82, 2.24) is 10.0 Å². The maximum atomic E-state index is 11.8. The fraction of sp³-hybridized carbons (Fsp3) is 0.375. The first-order valence-corrected chi connectivity index (χ1v) is 6.97. The first-order valence-electron chi connectivity index (χ1n) is 4.60. The van der Waals surface area contributed by atoms with E-state index in [-0.39, 0.29) is 22.6 Å². The van der Waals surface area contributed by atoms with E-state index in [0.717, 1.165) is 11.3 Å². The summed E-state index contributed by atoms with van der Waals surface area (Å²) < 4.78 is 26.3. The first-order chi connectivity index (χ1) is 7.47. The predicted octanol–water partition coefficient (Wildman–Crippen LogP) is -0.503. The number of anilines is 1. The molecule has 0 saturated carbocycles. The monoisotopic (exact) mass is 261 g/mol. The molecule has 1 aromatic heterocycles. The van der Waals surface area contributed by atoms with Crippen LogP contribution in [0.5, 0.6) is 0 Å². The van der Waals surface area contributed by atoms with Gasteiger partial charge in [0.2, 0.25) is 15.9 Å². The Bertz CT molecular complexity index is 508. The second-order valence-corrected chi connectivity index (χ2v) is 6.38. The Morgan fingerprint density at radius 3 is 2.81 bits per heavy atom. The lowest BCUT2D eigenvalue weighted by Gasteiger charge is -2.09. The summed E-state index contributed by atoms with van der Waals surface area (Å²) in [5.41, 5.74) is 5.88. The van der Waals surface area contributed by atoms with Gasteiger partial charge in [0.1, 0.15) is 4.21 Å². The Kier molecular flexibility index (Phi) is 2.87. The summed E-state index contributed by atoms with van der Waals surface area (Å²) in [6.07, 6.45) is 0.181. The number of thiophene rings is 1. The van der Waals surface area contributed by atoms with Gasteiger partial charge in [-0.05, 0) is 6.07 Å². The van der Waals surface area contributed by atoms with Crippen LogP contribution in [0, 0.1) is 0 Å². The summed E-state index contributed by atoms with van der Waals surface area (Å²) >= 11 is 1.06. The molecule has 1 unspecified atom stereocenters. The molecule has 1 amide bonds. The lowest BCUT2D eigenvalue weighted by atomic mass is 10.3. The molecule has 1 aliphatic rings. The summed E-state index contributed by atoms with van der Waals surface area (Å²) in [6.45, 7) is 0.332. The summed E-state index contributed by atoms with van der Waals surface area (Å²) in [5, 5.41) is 4.12. The fourth-order valence-electron chi connectivity index (χ4n) is 1.44. The Labute approximate surface area is 96.9 Å². The third-order valence-electron chi connectivity index (χ3n) is 2.16. The van der Waals surface area contributed by atoms with E-state index in [4.69, 9.17) is 5.73 Å². The number of nitrogens with one attached hydrogen (secondary N) is 2. The number of hydrogen-bond donors (Lipinski definition) is 3. The number of hydrogen-bond acceptors (Lipinski definition) is 5. The lowest BCUT2D eigenvalue weighted by molar-refractivity contribution is -0.119.